The normalized spacial score (nSPS) is 11.3. The van der Waals surface area contributed by atoms with E-state index in [2.05, 4.69) is 20.2 Å². The van der Waals surface area contributed by atoms with Gasteiger partial charge in [0.15, 0.2) is 5.65 Å². The lowest BCUT2D eigenvalue weighted by molar-refractivity contribution is -0.384. The van der Waals surface area contributed by atoms with Crippen LogP contribution in [-0.2, 0) is 0 Å². The summed E-state index contributed by atoms with van der Waals surface area (Å²) >= 11 is 0. The third-order valence-corrected chi connectivity index (χ3v) is 5.10. The van der Waals surface area contributed by atoms with Crippen LogP contribution in [0.3, 0.4) is 0 Å². The van der Waals surface area contributed by atoms with E-state index in [0.717, 1.165) is 4.52 Å². The van der Waals surface area contributed by atoms with Gasteiger partial charge in [-0.05, 0) is 30.3 Å². The molecule has 3 heterocycles. The van der Waals surface area contributed by atoms with Crippen molar-refractivity contribution < 1.29 is 23.0 Å². The Morgan fingerprint density at radius 2 is 1.85 bits per heavy atom. The van der Waals surface area contributed by atoms with Crippen LogP contribution < -0.4 is 4.74 Å². The first-order valence-electron chi connectivity index (χ1n) is 9.85. The van der Waals surface area contributed by atoms with Crippen molar-refractivity contribution in [3.05, 3.63) is 76.6 Å². The molecule has 3 aromatic heterocycles. The lowest BCUT2D eigenvalue weighted by Crippen LogP contribution is -2.03. The van der Waals surface area contributed by atoms with E-state index in [1.54, 1.807) is 24.3 Å². The van der Waals surface area contributed by atoms with Crippen LogP contribution in [0.2, 0.25) is 0 Å². The van der Waals surface area contributed by atoms with Gasteiger partial charge < -0.3 is 9.26 Å². The predicted octanol–water partition coefficient (Wildman–Crippen LogP) is 4.97. The van der Waals surface area contributed by atoms with Crippen molar-refractivity contribution in [1.82, 2.24) is 24.7 Å². The molecule has 0 aliphatic heterocycles. The molecule has 0 bridgehead atoms. The fraction of sp³-hybridized carbons (Fsp3) is 0.0909. The standard InChI is InChI=1S/C22H14F2N6O4/c1-33-18-5-3-2-4-14(18)16-10-17(19(23)24)29-21(26-16)15(11-25-29)22-27-20(28-34-22)12-6-8-13(9-7-12)30(31)32/h2-11,19H,1H3. The summed E-state index contributed by atoms with van der Waals surface area (Å²) < 4.78 is 39.5. The molecular formula is C22H14F2N6O4. The number of hydrogen-bond acceptors (Lipinski definition) is 8. The molecule has 0 unspecified atom stereocenters. The van der Waals surface area contributed by atoms with Crippen molar-refractivity contribution in [2.24, 2.45) is 0 Å². The SMILES string of the molecule is COc1ccccc1-c1cc(C(F)F)n2ncc(-c3nc(-c4ccc([N+](=O)[O-])cc4)no3)c2n1. The van der Waals surface area contributed by atoms with Gasteiger partial charge in [-0.15, -0.1) is 0 Å². The molecule has 0 aliphatic rings. The van der Waals surface area contributed by atoms with Crippen LogP contribution in [0.5, 0.6) is 5.75 Å². The Balaban J connectivity index is 1.62. The third kappa shape index (κ3) is 3.60. The van der Waals surface area contributed by atoms with E-state index in [-0.39, 0.29) is 40.0 Å². The summed E-state index contributed by atoms with van der Waals surface area (Å²) in [6.07, 6.45) is -1.52. The van der Waals surface area contributed by atoms with E-state index in [1.807, 2.05) is 0 Å². The van der Waals surface area contributed by atoms with Gasteiger partial charge in [-0.25, -0.2) is 18.3 Å². The number of non-ortho nitro benzene ring substituents is 1. The van der Waals surface area contributed by atoms with Crippen LogP contribution in [0.1, 0.15) is 12.1 Å². The molecule has 0 spiro atoms. The Bertz CT molecular complexity index is 1510. The molecule has 170 valence electrons. The topological polar surface area (TPSA) is 121 Å². The van der Waals surface area contributed by atoms with E-state index in [9.17, 15) is 18.9 Å². The summed E-state index contributed by atoms with van der Waals surface area (Å²) in [7, 11) is 1.48. The van der Waals surface area contributed by atoms with Crippen molar-refractivity contribution in [3.8, 4) is 39.8 Å². The van der Waals surface area contributed by atoms with E-state index in [1.165, 1.54) is 43.6 Å². The molecule has 34 heavy (non-hydrogen) atoms. The molecule has 5 aromatic rings. The zero-order valence-corrected chi connectivity index (χ0v) is 17.4. The maximum Gasteiger partial charge on any atom is 0.280 e. The average Bonchev–Trinajstić information content (AvgIpc) is 3.50. The minimum atomic E-state index is -2.83. The smallest absolute Gasteiger partial charge is 0.280 e. The molecule has 0 aliphatic carbocycles. The van der Waals surface area contributed by atoms with Gasteiger partial charge in [0.25, 0.3) is 18.0 Å². The summed E-state index contributed by atoms with van der Waals surface area (Å²) in [6, 6.07) is 13.8. The van der Waals surface area contributed by atoms with Crippen molar-refractivity contribution in [2.45, 2.75) is 6.43 Å². The Labute approximate surface area is 189 Å². The number of rotatable bonds is 6. The fourth-order valence-corrected chi connectivity index (χ4v) is 3.47. The highest BCUT2D eigenvalue weighted by Crippen LogP contribution is 2.34. The molecule has 5 rings (SSSR count). The largest absolute Gasteiger partial charge is 0.496 e. The Morgan fingerprint density at radius 1 is 1.09 bits per heavy atom. The number of alkyl halides is 2. The highest BCUT2D eigenvalue weighted by Gasteiger charge is 2.23. The predicted molar refractivity (Wildman–Crippen MR) is 115 cm³/mol. The summed E-state index contributed by atoms with van der Waals surface area (Å²) in [5.74, 6) is 0.645. The highest BCUT2D eigenvalue weighted by atomic mass is 19.3. The van der Waals surface area contributed by atoms with Crippen LogP contribution in [0, 0.1) is 10.1 Å². The van der Waals surface area contributed by atoms with Gasteiger partial charge in [-0.2, -0.15) is 10.1 Å². The number of methoxy groups -OCH3 is 1. The summed E-state index contributed by atoms with van der Waals surface area (Å²) in [5.41, 5.74) is 1.16. The monoisotopic (exact) mass is 464 g/mol. The number of hydrogen-bond donors (Lipinski definition) is 0. The molecule has 0 atom stereocenters. The molecular weight excluding hydrogens is 450 g/mol. The molecule has 0 saturated carbocycles. The number of aromatic nitrogens is 5. The molecule has 0 saturated heterocycles. The van der Waals surface area contributed by atoms with Gasteiger partial charge in [-0.3, -0.25) is 10.1 Å². The van der Waals surface area contributed by atoms with Crippen molar-refractivity contribution in [2.75, 3.05) is 7.11 Å². The summed E-state index contributed by atoms with van der Waals surface area (Å²) in [4.78, 5) is 19.2. The molecule has 0 N–H and O–H groups in total. The number of para-hydroxylation sites is 1. The van der Waals surface area contributed by atoms with Crippen molar-refractivity contribution >= 4 is 11.3 Å². The van der Waals surface area contributed by atoms with Crippen molar-refractivity contribution in [3.63, 3.8) is 0 Å². The van der Waals surface area contributed by atoms with Gasteiger partial charge in [0, 0.05) is 23.3 Å². The maximum absolute atomic E-state index is 13.9. The Kier molecular flexibility index (Phi) is 5.17. The van der Waals surface area contributed by atoms with Gasteiger partial charge >= 0.3 is 0 Å². The second-order valence-corrected chi connectivity index (χ2v) is 7.09. The number of nitro groups is 1. The zero-order chi connectivity index (χ0) is 23.8. The quantitative estimate of drug-likeness (QED) is 0.255. The fourth-order valence-electron chi connectivity index (χ4n) is 3.47. The number of halogens is 2. The zero-order valence-electron chi connectivity index (χ0n) is 17.4. The number of nitro benzene ring substituents is 1. The van der Waals surface area contributed by atoms with E-state index in [0.29, 0.717) is 16.9 Å². The molecule has 12 heteroatoms. The number of ether oxygens (including phenoxy) is 1. The van der Waals surface area contributed by atoms with Crippen molar-refractivity contribution in [1.29, 1.82) is 0 Å². The van der Waals surface area contributed by atoms with E-state index >= 15 is 0 Å². The minimum absolute atomic E-state index is 0.00763. The Hall–Kier alpha value is -4.74. The van der Waals surface area contributed by atoms with E-state index < -0.39 is 11.3 Å². The lowest BCUT2D eigenvalue weighted by atomic mass is 10.1. The van der Waals surface area contributed by atoms with Crippen LogP contribution in [-0.4, -0.2) is 36.8 Å². The number of fused-ring (bicyclic) bond motifs is 1. The second kappa shape index (κ2) is 8.31. The first kappa shape index (κ1) is 21.1. The summed E-state index contributed by atoms with van der Waals surface area (Å²) in [6.45, 7) is 0. The first-order chi connectivity index (χ1) is 16.5. The molecule has 0 fully saturated rings. The molecule has 0 amide bonds. The lowest BCUT2D eigenvalue weighted by Gasteiger charge is -2.10. The highest BCUT2D eigenvalue weighted by molar-refractivity contribution is 5.76. The van der Waals surface area contributed by atoms with Crippen LogP contribution >= 0.6 is 0 Å². The van der Waals surface area contributed by atoms with Gasteiger partial charge in [0.2, 0.25) is 5.82 Å². The van der Waals surface area contributed by atoms with Gasteiger partial charge in [0.05, 0.1) is 23.9 Å². The van der Waals surface area contributed by atoms with Gasteiger partial charge in [0.1, 0.15) is 17.0 Å². The summed E-state index contributed by atoms with van der Waals surface area (Å²) in [5, 5.41) is 18.8. The minimum Gasteiger partial charge on any atom is -0.496 e. The molecule has 2 aromatic carbocycles. The van der Waals surface area contributed by atoms with Crippen LogP contribution in [0.25, 0.3) is 39.7 Å². The maximum atomic E-state index is 13.9. The third-order valence-electron chi connectivity index (χ3n) is 5.10. The average molecular weight is 464 g/mol. The second-order valence-electron chi connectivity index (χ2n) is 7.09. The van der Waals surface area contributed by atoms with Gasteiger partial charge in [-0.1, -0.05) is 17.3 Å². The van der Waals surface area contributed by atoms with E-state index in [4.69, 9.17) is 9.26 Å². The Morgan fingerprint density at radius 3 is 2.56 bits per heavy atom. The van der Waals surface area contributed by atoms with Crippen LogP contribution in [0.15, 0.2) is 65.3 Å². The number of nitrogens with zero attached hydrogens (tertiary/aromatic N) is 6. The number of benzene rings is 2. The molecule has 10 nitrogen and oxygen atoms in total. The van der Waals surface area contributed by atoms with Crippen LogP contribution in [0.4, 0.5) is 14.5 Å². The molecule has 0 radical (unpaired) electrons. The first-order valence-corrected chi connectivity index (χ1v) is 9.85.